The van der Waals surface area contributed by atoms with Crippen LogP contribution in [0.15, 0.2) is 30.3 Å². The molecule has 2 N–H and O–H groups in total. The molecule has 0 aliphatic carbocycles. The van der Waals surface area contributed by atoms with Crippen LogP contribution in [0.5, 0.6) is 0 Å². The predicted octanol–water partition coefficient (Wildman–Crippen LogP) is 2.65. The lowest BCUT2D eigenvalue weighted by Crippen LogP contribution is -2.34. The van der Waals surface area contributed by atoms with Gasteiger partial charge >= 0.3 is 0 Å². The van der Waals surface area contributed by atoms with E-state index in [-0.39, 0.29) is 26.1 Å². The Morgan fingerprint density at radius 3 is 2.23 bits per heavy atom. The van der Waals surface area contributed by atoms with Crippen molar-refractivity contribution in [2.45, 2.75) is 19.3 Å². The number of alkyl halides is 1. The van der Waals surface area contributed by atoms with Crippen molar-refractivity contribution >= 4 is 24.4 Å². The smallest absolute Gasteiger partial charge is 0.0295 e. The van der Waals surface area contributed by atoms with Crippen LogP contribution in [0.25, 0.3) is 0 Å². The molecule has 1 aromatic rings. The molecule has 0 aliphatic rings. The van der Waals surface area contributed by atoms with E-state index >= 15 is 0 Å². The highest BCUT2D eigenvalue weighted by atomic mass is 127. The number of benzene rings is 1. The van der Waals surface area contributed by atoms with Gasteiger partial charge in [-0.15, -0.1) is 20.7 Å². The summed E-state index contributed by atoms with van der Waals surface area (Å²) in [6.45, 7) is 4.39. The molecule has 0 unspecified atom stereocenters. The molecule has 0 fully saturated rings. The summed E-state index contributed by atoms with van der Waals surface area (Å²) in [6.07, 6.45) is 0. The minimum Gasteiger partial charge on any atom is -0.301 e. The summed E-state index contributed by atoms with van der Waals surface area (Å²) in [4.78, 5) is 2.21. The Morgan fingerprint density at radius 2 is 1.77 bits per heavy atom. The second kappa shape index (κ2) is 4.33. The summed E-state index contributed by atoms with van der Waals surface area (Å²) < 4.78 is 1.15. The molecule has 0 aromatic heterocycles. The van der Waals surface area contributed by atoms with Crippen molar-refractivity contribution in [2.75, 3.05) is 4.93 Å². The Balaban J connectivity index is 3.08. The van der Waals surface area contributed by atoms with Crippen molar-refractivity contribution in [3.05, 3.63) is 35.9 Å². The fourth-order valence-corrected chi connectivity index (χ4v) is 2.89. The fraction of sp³-hybridized carbons (Fsp3) is 0.364. The standard InChI is InChI=1S/C11H16IN/c1-11(2,10(13)12-3)9-7-5-4-6-8-9/h4-8H,13H2,1-3H3. The summed E-state index contributed by atoms with van der Waals surface area (Å²) in [7, 11) is 0. The zero-order valence-electron chi connectivity index (χ0n) is 8.34. The van der Waals surface area contributed by atoms with Crippen LogP contribution in [0.1, 0.15) is 19.4 Å². The van der Waals surface area contributed by atoms with E-state index in [1.807, 2.05) is 6.07 Å². The molecule has 0 saturated carbocycles. The highest BCUT2D eigenvalue weighted by Crippen LogP contribution is 2.24. The van der Waals surface area contributed by atoms with Crippen LogP contribution < -0.4 is 5.73 Å². The molecular weight excluding hydrogens is 273 g/mol. The lowest BCUT2D eigenvalue weighted by atomic mass is 9.85. The first-order valence-corrected chi connectivity index (χ1v) is 7.50. The molecule has 0 saturated heterocycles. The molecular formula is C11H16IN. The summed E-state index contributed by atoms with van der Waals surface area (Å²) in [5, 5.41) is 0. The third-order valence-electron chi connectivity index (χ3n) is 2.30. The van der Waals surface area contributed by atoms with Gasteiger partial charge in [-0.05, 0) is 10.5 Å². The molecule has 0 amide bonds. The molecule has 0 bridgehead atoms. The van der Waals surface area contributed by atoms with Gasteiger partial charge in [-0.2, -0.15) is 0 Å². The quantitative estimate of drug-likeness (QED) is 0.657. The first-order chi connectivity index (χ1) is 6.09. The van der Waals surface area contributed by atoms with Gasteiger partial charge in [-0.25, -0.2) is 0 Å². The minimum atomic E-state index is 0.0235. The Hall–Kier alpha value is -0.220. The molecule has 2 heteroatoms. The zero-order valence-corrected chi connectivity index (χ0v) is 10.5. The summed E-state index contributed by atoms with van der Waals surface area (Å²) in [5.74, 6) is 0. The predicted molar refractivity (Wildman–Crippen MR) is 68.6 cm³/mol. The monoisotopic (exact) mass is 289 g/mol. The first-order valence-electron chi connectivity index (χ1n) is 4.27. The van der Waals surface area contributed by atoms with Gasteiger partial charge in [-0.1, -0.05) is 44.2 Å². The topological polar surface area (TPSA) is 26.0 Å². The van der Waals surface area contributed by atoms with Crippen LogP contribution >= 0.6 is 20.7 Å². The number of rotatable bonds is 2. The lowest BCUT2D eigenvalue weighted by Gasteiger charge is -2.25. The molecule has 0 radical (unpaired) electrons. The summed E-state index contributed by atoms with van der Waals surface area (Å²) in [5.41, 5.74) is 7.41. The van der Waals surface area contributed by atoms with Crippen LogP contribution in [-0.2, 0) is 5.41 Å². The molecule has 1 aromatic carbocycles. The van der Waals surface area contributed by atoms with Crippen molar-refractivity contribution in [1.29, 1.82) is 0 Å². The van der Waals surface area contributed by atoms with E-state index in [0.717, 1.165) is 3.63 Å². The maximum absolute atomic E-state index is 6.05. The summed E-state index contributed by atoms with van der Waals surface area (Å²) in [6, 6.07) is 10.5. The average Bonchev–Trinajstić information content (AvgIpc) is 2.18. The largest absolute Gasteiger partial charge is 0.301 e. The Kier molecular flexibility index (Phi) is 3.62. The highest BCUT2D eigenvalue weighted by molar-refractivity contribution is 14.2. The molecule has 0 spiro atoms. The van der Waals surface area contributed by atoms with E-state index < -0.39 is 0 Å². The van der Waals surface area contributed by atoms with Crippen LogP contribution in [0, 0.1) is 0 Å². The van der Waals surface area contributed by atoms with Gasteiger partial charge in [0.05, 0.1) is 0 Å². The Morgan fingerprint density at radius 1 is 1.23 bits per heavy atom. The molecule has 72 valence electrons. The van der Waals surface area contributed by atoms with E-state index in [1.165, 1.54) is 5.56 Å². The van der Waals surface area contributed by atoms with Gasteiger partial charge in [0, 0.05) is 9.05 Å². The van der Waals surface area contributed by atoms with Crippen LogP contribution in [-0.4, -0.2) is 8.56 Å². The van der Waals surface area contributed by atoms with Gasteiger partial charge in [-0.3, -0.25) is 0 Å². The number of hydrogen-bond donors (Lipinski definition) is 1. The first kappa shape index (κ1) is 10.9. The van der Waals surface area contributed by atoms with Gasteiger partial charge in [0.15, 0.2) is 0 Å². The van der Waals surface area contributed by atoms with Crippen molar-refractivity contribution in [3.63, 3.8) is 0 Å². The Labute approximate surface area is 90.1 Å². The van der Waals surface area contributed by atoms with Gasteiger partial charge in [0.2, 0.25) is 0 Å². The molecule has 13 heavy (non-hydrogen) atoms. The van der Waals surface area contributed by atoms with Crippen molar-refractivity contribution in [1.82, 2.24) is 0 Å². The van der Waals surface area contributed by atoms with E-state index in [2.05, 4.69) is 43.0 Å². The maximum atomic E-state index is 6.05. The van der Waals surface area contributed by atoms with E-state index in [9.17, 15) is 0 Å². The number of halogens is 1. The van der Waals surface area contributed by atoms with Gasteiger partial charge < -0.3 is 5.73 Å². The SMILES string of the molecule is CI=C(N)C(C)(C)c1ccccc1. The minimum absolute atomic E-state index is 0.0235. The van der Waals surface area contributed by atoms with E-state index in [4.69, 9.17) is 5.73 Å². The fourth-order valence-electron chi connectivity index (χ4n) is 1.23. The number of nitrogens with two attached hydrogens (primary N) is 1. The normalized spacial score (nSPS) is 13.7. The maximum Gasteiger partial charge on any atom is 0.0295 e. The Bertz CT molecular complexity index is 301. The van der Waals surface area contributed by atoms with Crippen LogP contribution in [0.4, 0.5) is 0 Å². The van der Waals surface area contributed by atoms with Gasteiger partial charge in [0.1, 0.15) is 0 Å². The third-order valence-corrected chi connectivity index (χ3v) is 4.81. The van der Waals surface area contributed by atoms with E-state index in [0.29, 0.717) is 0 Å². The lowest BCUT2D eigenvalue weighted by molar-refractivity contribution is 0.723. The number of hydrogen-bond acceptors (Lipinski definition) is 1. The van der Waals surface area contributed by atoms with Crippen molar-refractivity contribution in [2.24, 2.45) is 5.73 Å². The van der Waals surface area contributed by atoms with Crippen LogP contribution in [0.3, 0.4) is 0 Å². The molecule has 0 atom stereocenters. The second-order valence-electron chi connectivity index (χ2n) is 3.53. The van der Waals surface area contributed by atoms with Crippen molar-refractivity contribution < 1.29 is 0 Å². The molecule has 0 aliphatic heterocycles. The van der Waals surface area contributed by atoms with Crippen molar-refractivity contribution in [3.8, 4) is 0 Å². The molecule has 1 rings (SSSR count). The third kappa shape index (κ3) is 2.38. The zero-order chi connectivity index (χ0) is 9.90. The van der Waals surface area contributed by atoms with Gasteiger partial charge in [0.25, 0.3) is 0 Å². The highest BCUT2D eigenvalue weighted by Gasteiger charge is 2.22. The summed E-state index contributed by atoms with van der Waals surface area (Å²) >= 11 is 0.0235. The average molecular weight is 289 g/mol. The van der Waals surface area contributed by atoms with E-state index in [1.54, 1.807) is 0 Å². The molecule has 0 heterocycles. The molecule has 1 nitrogen and oxygen atoms in total. The van der Waals surface area contributed by atoms with Crippen LogP contribution in [0.2, 0.25) is 0 Å². The second-order valence-corrected chi connectivity index (χ2v) is 5.77.